The number of carboxylic acids is 1. The summed E-state index contributed by atoms with van der Waals surface area (Å²) in [6, 6.07) is 3.63. The van der Waals surface area contributed by atoms with Crippen LogP contribution in [0.2, 0.25) is 0 Å². The molecule has 1 N–H and O–H groups in total. The zero-order valence-electron chi connectivity index (χ0n) is 9.39. The maximum absolute atomic E-state index is 10.8. The standard InChI is InChI=1S/C12H16N2O2/c1-14-6-2-3-10(8-14)9-4-5-13-11(7-9)12(15)16/h4-5,7,10H,2-3,6,8H2,1H3,(H,15,16)/t10-/m1/s1. The molecule has 1 aromatic rings. The zero-order valence-corrected chi connectivity index (χ0v) is 9.39. The first kappa shape index (κ1) is 11.1. The van der Waals surface area contributed by atoms with E-state index in [1.165, 1.54) is 6.42 Å². The Hall–Kier alpha value is -1.42. The van der Waals surface area contributed by atoms with Gasteiger partial charge in [-0.2, -0.15) is 0 Å². The predicted octanol–water partition coefficient (Wildman–Crippen LogP) is 1.59. The Bertz CT molecular complexity index is 392. The van der Waals surface area contributed by atoms with Gasteiger partial charge in [-0.3, -0.25) is 0 Å². The Labute approximate surface area is 94.9 Å². The van der Waals surface area contributed by atoms with E-state index in [1.54, 1.807) is 12.3 Å². The Morgan fingerprint density at radius 2 is 2.44 bits per heavy atom. The van der Waals surface area contributed by atoms with Gasteiger partial charge in [0.2, 0.25) is 0 Å². The average Bonchev–Trinajstić information content (AvgIpc) is 2.29. The minimum Gasteiger partial charge on any atom is -0.477 e. The molecule has 1 aromatic heterocycles. The molecule has 0 aromatic carbocycles. The van der Waals surface area contributed by atoms with Gasteiger partial charge in [-0.05, 0) is 50.0 Å². The van der Waals surface area contributed by atoms with Crippen LogP contribution in [-0.2, 0) is 0 Å². The van der Waals surface area contributed by atoms with Crippen molar-refractivity contribution in [3.63, 3.8) is 0 Å². The van der Waals surface area contributed by atoms with Crippen LogP contribution in [0.25, 0.3) is 0 Å². The van der Waals surface area contributed by atoms with Gasteiger partial charge in [0.15, 0.2) is 0 Å². The molecule has 0 aliphatic carbocycles. The number of nitrogens with zero attached hydrogens (tertiary/aromatic N) is 2. The fourth-order valence-electron chi connectivity index (χ4n) is 2.26. The Morgan fingerprint density at radius 3 is 3.12 bits per heavy atom. The van der Waals surface area contributed by atoms with E-state index in [0.29, 0.717) is 5.92 Å². The highest BCUT2D eigenvalue weighted by Crippen LogP contribution is 2.26. The van der Waals surface area contributed by atoms with Gasteiger partial charge in [0.1, 0.15) is 5.69 Å². The van der Waals surface area contributed by atoms with Gasteiger partial charge in [-0.1, -0.05) is 0 Å². The van der Waals surface area contributed by atoms with Crippen molar-refractivity contribution in [2.24, 2.45) is 0 Å². The number of piperidine rings is 1. The van der Waals surface area contributed by atoms with Crippen molar-refractivity contribution in [3.05, 3.63) is 29.6 Å². The van der Waals surface area contributed by atoms with Crippen LogP contribution in [0.4, 0.5) is 0 Å². The second kappa shape index (κ2) is 4.61. The van der Waals surface area contributed by atoms with Crippen LogP contribution in [0.3, 0.4) is 0 Å². The molecular formula is C12H16N2O2. The van der Waals surface area contributed by atoms with Crippen molar-refractivity contribution in [1.82, 2.24) is 9.88 Å². The average molecular weight is 220 g/mol. The van der Waals surface area contributed by atoms with Gasteiger partial charge in [0.25, 0.3) is 0 Å². The third kappa shape index (κ3) is 2.39. The largest absolute Gasteiger partial charge is 0.477 e. The summed E-state index contributed by atoms with van der Waals surface area (Å²) in [4.78, 5) is 17.0. The molecule has 2 rings (SSSR count). The number of hydrogen-bond acceptors (Lipinski definition) is 3. The molecule has 1 aliphatic rings. The third-order valence-electron chi connectivity index (χ3n) is 3.10. The molecule has 4 heteroatoms. The number of likely N-dealkylation sites (tertiary alicyclic amines) is 1. The highest BCUT2D eigenvalue weighted by Gasteiger charge is 2.19. The molecule has 1 saturated heterocycles. The number of carbonyl (C=O) groups is 1. The first-order chi connectivity index (χ1) is 7.66. The third-order valence-corrected chi connectivity index (χ3v) is 3.10. The minimum absolute atomic E-state index is 0.144. The van der Waals surface area contributed by atoms with Crippen LogP contribution in [0.15, 0.2) is 18.3 Å². The normalized spacial score (nSPS) is 21.9. The fourth-order valence-corrected chi connectivity index (χ4v) is 2.26. The number of likely N-dealkylation sites (N-methyl/N-ethyl adjacent to an activating group) is 1. The molecule has 0 bridgehead atoms. The SMILES string of the molecule is CN1CCC[C@@H](c2ccnc(C(=O)O)c2)C1. The molecule has 0 amide bonds. The molecule has 1 atom stereocenters. The Kier molecular flexibility index (Phi) is 3.19. The lowest BCUT2D eigenvalue weighted by atomic mass is 9.91. The van der Waals surface area contributed by atoms with E-state index >= 15 is 0 Å². The lowest BCUT2D eigenvalue weighted by Gasteiger charge is -2.29. The second-order valence-corrected chi connectivity index (χ2v) is 4.38. The predicted molar refractivity (Wildman–Crippen MR) is 60.7 cm³/mol. The maximum Gasteiger partial charge on any atom is 0.354 e. The lowest BCUT2D eigenvalue weighted by molar-refractivity contribution is 0.0690. The van der Waals surface area contributed by atoms with Crippen molar-refractivity contribution in [1.29, 1.82) is 0 Å². The van der Waals surface area contributed by atoms with E-state index in [9.17, 15) is 4.79 Å². The van der Waals surface area contributed by atoms with E-state index in [2.05, 4.69) is 16.9 Å². The van der Waals surface area contributed by atoms with Crippen LogP contribution < -0.4 is 0 Å². The van der Waals surface area contributed by atoms with Crippen LogP contribution >= 0.6 is 0 Å². The quantitative estimate of drug-likeness (QED) is 0.822. The van der Waals surface area contributed by atoms with E-state index in [4.69, 9.17) is 5.11 Å². The molecular weight excluding hydrogens is 204 g/mol. The number of aromatic nitrogens is 1. The monoisotopic (exact) mass is 220 g/mol. The van der Waals surface area contributed by atoms with Gasteiger partial charge >= 0.3 is 5.97 Å². The highest BCUT2D eigenvalue weighted by molar-refractivity contribution is 5.85. The summed E-state index contributed by atoms with van der Waals surface area (Å²) in [5.41, 5.74) is 1.24. The van der Waals surface area contributed by atoms with E-state index < -0.39 is 5.97 Å². The molecule has 0 radical (unpaired) electrons. The van der Waals surface area contributed by atoms with Crippen molar-refractivity contribution in [2.75, 3.05) is 20.1 Å². The molecule has 0 saturated carbocycles. The summed E-state index contributed by atoms with van der Waals surface area (Å²) in [6.45, 7) is 2.14. The van der Waals surface area contributed by atoms with Gasteiger partial charge < -0.3 is 10.0 Å². The molecule has 1 aliphatic heterocycles. The molecule has 16 heavy (non-hydrogen) atoms. The number of hydrogen-bond donors (Lipinski definition) is 1. The van der Waals surface area contributed by atoms with Crippen LogP contribution in [0.1, 0.15) is 34.8 Å². The molecule has 0 spiro atoms. The maximum atomic E-state index is 10.8. The molecule has 86 valence electrons. The summed E-state index contributed by atoms with van der Waals surface area (Å²) >= 11 is 0. The van der Waals surface area contributed by atoms with E-state index in [0.717, 1.165) is 25.1 Å². The lowest BCUT2D eigenvalue weighted by Crippen LogP contribution is -2.30. The summed E-state index contributed by atoms with van der Waals surface area (Å²) in [6.07, 6.45) is 3.90. The number of pyridine rings is 1. The van der Waals surface area contributed by atoms with Gasteiger partial charge in [-0.15, -0.1) is 0 Å². The second-order valence-electron chi connectivity index (χ2n) is 4.38. The van der Waals surface area contributed by atoms with Gasteiger partial charge in [0.05, 0.1) is 0 Å². The molecule has 0 unspecified atom stereocenters. The van der Waals surface area contributed by atoms with Crippen LogP contribution in [0.5, 0.6) is 0 Å². The first-order valence-corrected chi connectivity index (χ1v) is 5.54. The smallest absolute Gasteiger partial charge is 0.354 e. The van der Waals surface area contributed by atoms with Crippen molar-refractivity contribution in [2.45, 2.75) is 18.8 Å². The van der Waals surface area contributed by atoms with Gasteiger partial charge in [-0.25, -0.2) is 9.78 Å². The van der Waals surface area contributed by atoms with E-state index in [1.807, 2.05) is 6.07 Å². The Balaban J connectivity index is 2.19. The molecule has 1 fully saturated rings. The summed E-state index contributed by atoms with van der Waals surface area (Å²) in [5.74, 6) is -0.508. The minimum atomic E-state index is -0.953. The molecule has 4 nitrogen and oxygen atoms in total. The number of rotatable bonds is 2. The summed E-state index contributed by atoms with van der Waals surface area (Å²) in [5, 5.41) is 8.89. The number of aromatic carboxylic acids is 1. The first-order valence-electron chi connectivity index (χ1n) is 5.54. The van der Waals surface area contributed by atoms with E-state index in [-0.39, 0.29) is 5.69 Å². The summed E-state index contributed by atoms with van der Waals surface area (Å²) in [7, 11) is 2.10. The van der Waals surface area contributed by atoms with Gasteiger partial charge in [0, 0.05) is 12.7 Å². The topological polar surface area (TPSA) is 53.4 Å². The van der Waals surface area contributed by atoms with Crippen LogP contribution in [0, 0.1) is 0 Å². The molecule has 2 heterocycles. The van der Waals surface area contributed by atoms with Crippen molar-refractivity contribution in [3.8, 4) is 0 Å². The number of carboxylic acid groups (broad SMARTS) is 1. The van der Waals surface area contributed by atoms with Crippen LogP contribution in [-0.4, -0.2) is 41.1 Å². The highest BCUT2D eigenvalue weighted by atomic mass is 16.4. The fraction of sp³-hybridized carbons (Fsp3) is 0.500. The van der Waals surface area contributed by atoms with Crippen molar-refractivity contribution >= 4 is 5.97 Å². The zero-order chi connectivity index (χ0) is 11.5. The van der Waals surface area contributed by atoms with Crippen molar-refractivity contribution < 1.29 is 9.90 Å². The Morgan fingerprint density at radius 1 is 1.62 bits per heavy atom. The summed E-state index contributed by atoms with van der Waals surface area (Å²) < 4.78 is 0.